The summed E-state index contributed by atoms with van der Waals surface area (Å²) >= 11 is 0. The number of nitriles is 1. The van der Waals surface area contributed by atoms with Gasteiger partial charge in [0.05, 0.1) is 14.2 Å². The van der Waals surface area contributed by atoms with Gasteiger partial charge in [0.1, 0.15) is 11.6 Å². The molecule has 7 heteroatoms. The minimum atomic E-state index is -0.819. The standard InChI is InChI=1S/C24H24N2O5/c1-16-4-6-17(7-5-16)10-19(13-25)24(28)31-15-23(27)26-9-8-18-11-21(29-2)22(30-3)12-20(18)14-26/h4-7,10-12H,8-9,14-15H2,1-3H3/b19-10+. The lowest BCUT2D eigenvalue weighted by molar-refractivity contribution is -0.149. The summed E-state index contributed by atoms with van der Waals surface area (Å²) in [5.74, 6) is 0.114. The molecule has 2 aromatic rings. The molecular formula is C24H24N2O5. The molecular weight excluding hydrogens is 396 g/mol. The third kappa shape index (κ3) is 5.23. The maximum atomic E-state index is 12.6. The van der Waals surface area contributed by atoms with Gasteiger partial charge in [0, 0.05) is 13.1 Å². The van der Waals surface area contributed by atoms with E-state index in [4.69, 9.17) is 14.2 Å². The van der Waals surface area contributed by atoms with E-state index in [0.717, 1.165) is 16.7 Å². The predicted molar refractivity (Wildman–Crippen MR) is 114 cm³/mol. The van der Waals surface area contributed by atoms with Gasteiger partial charge in [-0.2, -0.15) is 5.26 Å². The van der Waals surface area contributed by atoms with Crippen LogP contribution in [0, 0.1) is 18.3 Å². The van der Waals surface area contributed by atoms with E-state index < -0.39 is 12.6 Å². The number of ether oxygens (including phenoxy) is 3. The molecule has 160 valence electrons. The van der Waals surface area contributed by atoms with Crippen molar-refractivity contribution in [2.75, 3.05) is 27.4 Å². The number of hydrogen-bond acceptors (Lipinski definition) is 6. The zero-order valence-electron chi connectivity index (χ0n) is 17.8. The van der Waals surface area contributed by atoms with Crippen LogP contribution in [-0.2, 0) is 27.3 Å². The Morgan fingerprint density at radius 3 is 2.35 bits per heavy atom. The number of fused-ring (bicyclic) bond motifs is 1. The van der Waals surface area contributed by atoms with Gasteiger partial charge < -0.3 is 19.1 Å². The number of hydrogen-bond donors (Lipinski definition) is 0. The number of amides is 1. The van der Waals surface area contributed by atoms with Crippen LogP contribution in [-0.4, -0.2) is 44.1 Å². The maximum absolute atomic E-state index is 12.6. The molecule has 1 aliphatic heterocycles. The Morgan fingerprint density at radius 1 is 1.10 bits per heavy atom. The molecule has 0 bridgehead atoms. The lowest BCUT2D eigenvalue weighted by Crippen LogP contribution is -2.38. The minimum absolute atomic E-state index is 0.155. The summed E-state index contributed by atoms with van der Waals surface area (Å²) in [6, 6.07) is 13.0. The van der Waals surface area contributed by atoms with E-state index in [1.54, 1.807) is 31.3 Å². The van der Waals surface area contributed by atoms with Crippen LogP contribution >= 0.6 is 0 Å². The number of rotatable bonds is 6. The van der Waals surface area contributed by atoms with Gasteiger partial charge in [-0.15, -0.1) is 0 Å². The molecule has 0 atom stereocenters. The molecule has 2 aromatic carbocycles. The highest BCUT2D eigenvalue weighted by atomic mass is 16.5. The second kappa shape index (κ2) is 9.81. The molecule has 1 aliphatic rings. The van der Waals surface area contributed by atoms with Gasteiger partial charge in [-0.1, -0.05) is 29.8 Å². The Morgan fingerprint density at radius 2 is 1.74 bits per heavy atom. The average molecular weight is 420 g/mol. The second-order valence-electron chi connectivity index (χ2n) is 7.20. The van der Waals surface area contributed by atoms with Gasteiger partial charge >= 0.3 is 5.97 Å². The molecule has 0 aliphatic carbocycles. The first kappa shape index (κ1) is 21.9. The highest BCUT2D eigenvalue weighted by Gasteiger charge is 2.24. The Kier molecular flexibility index (Phi) is 6.93. The molecule has 7 nitrogen and oxygen atoms in total. The Bertz CT molecular complexity index is 1050. The summed E-state index contributed by atoms with van der Waals surface area (Å²) in [6.45, 7) is 2.41. The first-order valence-electron chi connectivity index (χ1n) is 9.82. The fraction of sp³-hybridized carbons (Fsp3) is 0.292. The summed E-state index contributed by atoms with van der Waals surface area (Å²) in [7, 11) is 3.15. The summed E-state index contributed by atoms with van der Waals surface area (Å²) in [4.78, 5) is 26.5. The summed E-state index contributed by atoms with van der Waals surface area (Å²) in [5.41, 5.74) is 3.68. The van der Waals surface area contributed by atoms with Gasteiger partial charge in [0.2, 0.25) is 0 Å². The highest BCUT2D eigenvalue weighted by molar-refractivity contribution is 5.98. The quantitative estimate of drug-likeness (QED) is 0.405. The van der Waals surface area contributed by atoms with E-state index in [1.807, 2.05) is 37.3 Å². The van der Waals surface area contributed by atoms with Crippen molar-refractivity contribution in [3.63, 3.8) is 0 Å². The summed E-state index contributed by atoms with van der Waals surface area (Å²) < 4.78 is 15.8. The SMILES string of the molecule is COc1cc2c(cc1OC)CN(C(=O)COC(=O)/C(C#N)=C/c1ccc(C)cc1)CC2. The number of carbonyl (C=O) groups excluding carboxylic acids is 2. The minimum Gasteiger partial charge on any atom is -0.493 e. The van der Waals surface area contributed by atoms with Crippen molar-refractivity contribution in [1.29, 1.82) is 5.26 Å². The Labute approximate surface area is 181 Å². The van der Waals surface area contributed by atoms with E-state index in [-0.39, 0.29) is 11.5 Å². The van der Waals surface area contributed by atoms with Crippen LogP contribution in [0.1, 0.15) is 22.3 Å². The van der Waals surface area contributed by atoms with Crippen LogP contribution in [0.2, 0.25) is 0 Å². The Balaban J connectivity index is 1.62. The largest absolute Gasteiger partial charge is 0.493 e. The third-order valence-electron chi connectivity index (χ3n) is 5.13. The summed E-state index contributed by atoms with van der Waals surface area (Å²) in [5, 5.41) is 9.29. The zero-order chi connectivity index (χ0) is 22.4. The Hall–Kier alpha value is -3.79. The van der Waals surface area contributed by atoms with E-state index in [9.17, 15) is 14.9 Å². The van der Waals surface area contributed by atoms with Gasteiger partial charge in [-0.25, -0.2) is 4.79 Å². The van der Waals surface area contributed by atoms with Crippen molar-refractivity contribution in [1.82, 2.24) is 4.90 Å². The van der Waals surface area contributed by atoms with Gasteiger partial charge in [0.25, 0.3) is 5.91 Å². The fourth-order valence-corrected chi connectivity index (χ4v) is 3.36. The highest BCUT2D eigenvalue weighted by Crippen LogP contribution is 2.33. The molecule has 0 aromatic heterocycles. The lowest BCUT2D eigenvalue weighted by atomic mass is 9.99. The molecule has 0 saturated carbocycles. The van der Waals surface area contributed by atoms with Gasteiger partial charge in [0.15, 0.2) is 18.1 Å². The van der Waals surface area contributed by atoms with Gasteiger partial charge in [-0.05, 0) is 48.2 Å². The monoisotopic (exact) mass is 420 g/mol. The van der Waals surface area contributed by atoms with Crippen LogP contribution in [0.15, 0.2) is 42.0 Å². The topological polar surface area (TPSA) is 88.9 Å². The van der Waals surface area contributed by atoms with Crippen LogP contribution in [0.25, 0.3) is 6.08 Å². The number of carbonyl (C=O) groups is 2. The lowest BCUT2D eigenvalue weighted by Gasteiger charge is -2.29. The van der Waals surface area contributed by atoms with E-state index in [2.05, 4.69) is 0 Å². The molecule has 3 rings (SSSR count). The van der Waals surface area contributed by atoms with E-state index in [0.29, 0.717) is 36.6 Å². The molecule has 0 saturated heterocycles. The molecule has 0 fully saturated rings. The van der Waals surface area contributed by atoms with Crippen LogP contribution in [0.4, 0.5) is 0 Å². The fourth-order valence-electron chi connectivity index (χ4n) is 3.36. The molecule has 1 heterocycles. The van der Waals surface area contributed by atoms with Crippen molar-refractivity contribution in [3.05, 3.63) is 64.2 Å². The molecule has 1 amide bonds. The van der Waals surface area contributed by atoms with Gasteiger partial charge in [-0.3, -0.25) is 4.79 Å². The third-order valence-corrected chi connectivity index (χ3v) is 5.13. The van der Waals surface area contributed by atoms with E-state index >= 15 is 0 Å². The number of benzene rings is 2. The number of aryl methyl sites for hydroxylation is 1. The molecule has 0 spiro atoms. The van der Waals surface area contributed by atoms with E-state index in [1.165, 1.54) is 6.08 Å². The van der Waals surface area contributed by atoms with Crippen molar-refractivity contribution >= 4 is 18.0 Å². The molecule has 31 heavy (non-hydrogen) atoms. The maximum Gasteiger partial charge on any atom is 0.349 e. The molecule has 0 N–H and O–H groups in total. The second-order valence-corrected chi connectivity index (χ2v) is 7.20. The average Bonchev–Trinajstić information content (AvgIpc) is 2.80. The number of esters is 1. The zero-order valence-corrected chi connectivity index (χ0v) is 17.8. The number of methoxy groups -OCH3 is 2. The van der Waals surface area contributed by atoms with Crippen LogP contribution < -0.4 is 9.47 Å². The van der Waals surface area contributed by atoms with Crippen molar-refractivity contribution in [2.45, 2.75) is 19.9 Å². The first-order valence-corrected chi connectivity index (χ1v) is 9.82. The normalized spacial score (nSPS) is 13.1. The predicted octanol–water partition coefficient (Wildman–Crippen LogP) is 3.05. The van der Waals surface area contributed by atoms with Crippen LogP contribution in [0.5, 0.6) is 11.5 Å². The smallest absolute Gasteiger partial charge is 0.349 e. The molecule has 0 radical (unpaired) electrons. The van der Waals surface area contributed by atoms with Crippen LogP contribution in [0.3, 0.4) is 0 Å². The first-order chi connectivity index (χ1) is 14.9. The number of nitrogens with zero attached hydrogens (tertiary/aromatic N) is 2. The van der Waals surface area contributed by atoms with Crippen molar-refractivity contribution in [3.8, 4) is 17.6 Å². The molecule has 0 unspecified atom stereocenters. The van der Waals surface area contributed by atoms with Crippen molar-refractivity contribution in [2.24, 2.45) is 0 Å². The van der Waals surface area contributed by atoms with Crippen molar-refractivity contribution < 1.29 is 23.8 Å². The summed E-state index contributed by atoms with van der Waals surface area (Å²) in [6.07, 6.45) is 2.11.